The van der Waals surface area contributed by atoms with Gasteiger partial charge in [0, 0.05) is 16.9 Å². The first-order valence-corrected chi connectivity index (χ1v) is 6.08. The van der Waals surface area contributed by atoms with E-state index in [1.165, 1.54) is 0 Å². The van der Waals surface area contributed by atoms with Gasteiger partial charge in [0.05, 0.1) is 6.54 Å². The Morgan fingerprint density at radius 1 is 1.41 bits per heavy atom. The number of aliphatic hydroxyl groups is 1. The number of ether oxygens (including phenoxy) is 1. The fourth-order valence-electron chi connectivity index (χ4n) is 1.51. The molecule has 17 heavy (non-hydrogen) atoms. The Hall–Kier alpha value is -1.33. The third-order valence-corrected chi connectivity index (χ3v) is 2.83. The molecular formula is C12H13BrN2O2. The summed E-state index contributed by atoms with van der Waals surface area (Å²) < 4.78 is 8.47. The van der Waals surface area contributed by atoms with Crippen LogP contribution >= 0.6 is 15.9 Å². The summed E-state index contributed by atoms with van der Waals surface area (Å²) in [6.45, 7) is 1.16. The van der Waals surface area contributed by atoms with Crippen molar-refractivity contribution in [3.8, 4) is 5.75 Å². The molecule has 1 N–H and O–H groups in total. The van der Waals surface area contributed by atoms with Crippen LogP contribution in [0.5, 0.6) is 5.75 Å². The van der Waals surface area contributed by atoms with Crippen LogP contribution in [0, 0.1) is 0 Å². The van der Waals surface area contributed by atoms with Gasteiger partial charge in [-0.15, -0.1) is 0 Å². The summed E-state index contributed by atoms with van der Waals surface area (Å²) in [6.07, 6.45) is 3.50. The lowest BCUT2D eigenvalue weighted by molar-refractivity contribution is 0.254. The van der Waals surface area contributed by atoms with E-state index in [-0.39, 0.29) is 6.61 Å². The molecule has 0 bridgehead atoms. The fraction of sp³-hybridized carbons (Fsp3) is 0.250. The van der Waals surface area contributed by atoms with E-state index in [0.29, 0.717) is 19.0 Å². The quantitative estimate of drug-likeness (QED) is 0.920. The lowest BCUT2D eigenvalue weighted by Crippen LogP contribution is -2.10. The van der Waals surface area contributed by atoms with Crippen LogP contribution < -0.4 is 4.74 Å². The second kappa shape index (κ2) is 5.84. The van der Waals surface area contributed by atoms with E-state index in [0.717, 1.165) is 10.2 Å². The van der Waals surface area contributed by atoms with E-state index in [9.17, 15) is 0 Å². The molecule has 90 valence electrons. The number of benzene rings is 1. The Kier molecular flexibility index (Phi) is 4.17. The predicted molar refractivity (Wildman–Crippen MR) is 67.8 cm³/mol. The van der Waals surface area contributed by atoms with Crippen LogP contribution in [0.25, 0.3) is 0 Å². The lowest BCUT2D eigenvalue weighted by Gasteiger charge is -2.08. The van der Waals surface area contributed by atoms with Gasteiger partial charge >= 0.3 is 0 Å². The molecule has 1 aromatic heterocycles. The molecule has 0 fully saturated rings. The summed E-state index contributed by atoms with van der Waals surface area (Å²) in [6, 6.07) is 7.70. The summed E-state index contributed by atoms with van der Waals surface area (Å²) in [5.74, 6) is 1.48. The summed E-state index contributed by atoms with van der Waals surface area (Å²) in [5.41, 5.74) is 0. The van der Waals surface area contributed by atoms with Crippen LogP contribution in [0.1, 0.15) is 5.82 Å². The molecule has 0 radical (unpaired) electrons. The van der Waals surface area contributed by atoms with E-state index in [1.54, 1.807) is 6.20 Å². The Morgan fingerprint density at radius 3 is 3.06 bits per heavy atom. The van der Waals surface area contributed by atoms with Crippen LogP contribution in [0.2, 0.25) is 0 Å². The number of imidazole rings is 1. The monoisotopic (exact) mass is 296 g/mol. The third kappa shape index (κ3) is 3.31. The molecule has 0 unspecified atom stereocenters. The number of nitrogens with zero attached hydrogens (tertiary/aromatic N) is 2. The standard InChI is InChI=1S/C12H13BrN2O2/c13-10-2-1-3-11(8-10)17-7-6-15-5-4-14-12(15)9-16/h1-5,8,16H,6-7,9H2. The molecular weight excluding hydrogens is 284 g/mol. The number of hydrogen-bond donors (Lipinski definition) is 1. The maximum Gasteiger partial charge on any atom is 0.134 e. The maximum atomic E-state index is 9.03. The van der Waals surface area contributed by atoms with Crippen molar-refractivity contribution >= 4 is 15.9 Å². The SMILES string of the molecule is OCc1nccn1CCOc1cccc(Br)c1. The Morgan fingerprint density at radius 2 is 2.29 bits per heavy atom. The van der Waals surface area contributed by atoms with Gasteiger partial charge in [-0.05, 0) is 18.2 Å². The van der Waals surface area contributed by atoms with Crippen molar-refractivity contribution in [2.75, 3.05) is 6.61 Å². The van der Waals surface area contributed by atoms with Crippen LogP contribution in [0.3, 0.4) is 0 Å². The molecule has 4 nitrogen and oxygen atoms in total. The van der Waals surface area contributed by atoms with Gasteiger partial charge in [-0.25, -0.2) is 4.98 Å². The van der Waals surface area contributed by atoms with Crippen LogP contribution in [-0.4, -0.2) is 21.3 Å². The Labute approximate surface area is 108 Å². The second-order valence-corrected chi connectivity index (χ2v) is 4.42. The molecule has 0 aliphatic rings. The van der Waals surface area contributed by atoms with Crippen LogP contribution in [-0.2, 0) is 13.2 Å². The van der Waals surface area contributed by atoms with Crippen LogP contribution in [0.15, 0.2) is 41.1 Å². The van der Waals surface area contributed by atoms with Gasteiger partial charge < -0.3 is 14.4 Å². The highest BCUT2D eigenvalue weighted by Crippen LogP contribution is 2.17. The molecule has 0 spiro atoms. The van der Waals surface area contributed by atoms with Crippen molar-refractivity contribution in [3.63, 3.8) is 0 Å². The van der Waals surface area contributed by atoms with Gasteiger partial charge in [0.15, 0.2) is 0 Å². The van der Waals surface area contributed by atoms with Crippen molar-refractivity contribution in [2.24, 2.45) is 0 Å². The minimum Gasteiger partial charge on any atom is -0.492 e. The Bertz CT molecular complexity index is 485. The minimum atomic E-state index is -0.0517. The molecule has 0 atom stereocenters. The van der Waals surface area contributed by atoms with Gasteiger partial charge in [0.2, 0.25) is 0 Å². The average molecular weight is 297 g/mol. The summed E-state index contributed by atoms with van der Waals surface area (Å²) >= 11 is 3.39. The molecule has 0 saturated heterocycles. The molecule has 2 aromatic rings. The van der Waals surface area contributed by atoms with Crippen molar-refractivity contribution in [3.05, 3.63) is 47.0 Å². The lowest BCUT2D eigenvalue weighted by atomic mass is 10.3. The van der Waals surface area contributed by atoms with E-state index in [4.69, 9.17) is 9.84 Å². The first-order valence-electron chi connectivity index (χ1n) is 5.29. The summed E-state index contributed by atoms with van der Waals surface area (Å²) in [7, 11) is 0. The highest BCUT2D eigenvalue weighted by Gasteiger charge is 2.01. The largest absolute Gasteiger partial charge is 0.492 e. The van der Waals surface area contributed by atoms with Crippen LogP contribution in [0.4, 0.5) is 0 Å². The number of halogens is 1. The number of aromatic nitrogens is 2. The van der Waals surface area contributed by atoms with Gasteiger partial charge in [0.25, 0.3) is 0 Å². The highest BCUT2D eigenvalue weighted by molar-refractivity contribution is 9.10. The number of hydrogen-bond acceptors (Lipinski definition) is 3. The van der Waals surface area contributed by atoms with E-state index >= 15 is 0 Å². The van der Waals surface area contributed by atoms with Gasteiger partial charge in [-0.2, -0.15) is 0 Å². The zero-order valence-electron chi connectivity index (χ0n) is 9.21. The molecule has 1 heterocycles. The number of rotatable bonds is 5. The first kappa shape index (κ1) is 12.1. The highest BCUT2D eigenvalue weighted by atomic mass is 79.9. The summed E-state index contributed by atoms with van der Waals surface area (Å²) in [4.78, 5) is 4.02. The summed E-state index contributed by atoms with van der Waals surface area (Å²) in [5, 5.41) is 9.03. The molecule has 0 aliphatic heterocycles. The zero-order valence-corrected chi connectivity index (χ0v) is 10.8. The molecule has 0 amide bonds. The third-order valence-electron chi connectivity index (χ3n) is 2.34. The minimum absolute atomic E-state index is 0.0517. The number of aliphatic hydroxyl groups excluding tert-OH is 1. The van der Waals surface area contributed by atoms with E-state index in [2.05, 4.69) is 20.9 Å². The second-order valence-electron chi connectivity index (χ2n) is 3.50. The topological polar surface area (TPSA) is 47.3 Å². The normalized spacial score (nSPS) is 10.5. The molecule has 0 saturated carbocycles. The predicted octanol–water partition coefficient (Wildman–Crippen LogP) is 2.22. The van der Waals surface area contributed by atoms with Crippen molar-refractivity contribution in [1.29, 1.82) is 0 Å². The first-order chi connectivity index (χ1) is 8.29. The molecule has 0 aliphatic carbocycles. The Balaban J connectivity index is 1.87. The zero-order chi connectivity index (χ0) is 12.1. The van der Waals surface area contributed by atoms with E-state index < -0.39 is 0 Å². The van der Waals surface area contributed by atoms with Gasteiger partial charge in [0.1, 0.15) is 24.8 Å². The maximum absolute atomic E-state index is 9.03. The smallest absolute Gasteiger partial charge is 0.134 e. The van der Waals surface area contributed by atoms with Crippen molar-refractivity contribution < 1.29 is 9.84 Å². The van der Waals surface area contributed by atoms with Gasteiger partial charge in [-0.3, -0.25) is 0 Å². The molecule has 5 heteroatoms. The van der Waals surface area contributed by atoms with E-state index in [1.807, 2.05) is 35.0 Å². The molecule has 2 rings (SSSR count). The molecule has 1 aromatic carbocycles. The van der Waals surface area contributed by atoms with Crippen molar-refractivity contribution in [2.45, 2.75) is 13.2 Å². The average Bonchev–Trinajstić information content (AvgIpc) is 2.77. The fourth-order valence-corrected chi connectivity index (χ4v) is 1.89. The van der Waals surface area contributed by atoms with Crippen molar-refractivity contribution in [1.82, 2.24) is 9.55 Å². The van der Waals surface area contributed by atoms with Gasteiger partial charge in [-0.1, -0.05) is 22.0 Å².